The largest absolute Gasteiger partial charge is 0.444 e. The average Bonchev–Trinajstić information content (AvgIpc) is 2.97. The molecular weight excluding hydrogens is 538 g/mol. The molecule has 8 heteroatoms. The molecular formula is C35H47N5O3. The number of carbonyl (C=O) groups is 2. The summed E-state index contributed by atoms with van der Waals surface area (Å²) < 4.78 is 5.53. The number of piperidine rings is 1. The third kappa shape index (κ3) is 8.57. The first-order valence-electron chi connectivity index (χ1n) is 15.3. The summed E-state index contributed by atoms with van der Waals surface area (Å²) in [5, 5.41) is 6.17. The quantitative estimate of drug-likeness (QED) is 0.260. The molecule has 8 nitrogen and oxygen atoms in total. The molecule has 1 aliphatic heterocycles. The van der Waals surface area contributed by atoms with Crippen LogP contribution in [-0.2, 0) is 24.2 Å². The monoisotopic (exact) mass is 585 g/mol. The van der Waals surface area contributed by atoms with Crippen molar-refractivity contribution in [3.05, 3.63) is 82.7 Å². The van der Waals surface area contributed by atoms with Crippen LogP contribution in [-0.4, -0.2) is 40.7 Å². The Morgan fingerprint density at radius 1 is 1.05 bits per heavy atom. The molecule has 1 saturated heterocycles. The second kappa shape index (κ2) is 14.0. The van der Waals surface area contributed by atoms with E-state index in [1.807, 2.05) is 62.9 Å². The van der Waals surface area contributed by atoms with Gasteiger partial charge in [-0.05, 0) is 75.5 Å². The zero-order valence-electron chi connectivity index (χ0n) is 26.5. The molecule has 0 bridgehead atoms. The van der Waals surface area contributed by atoms with E-state index in [0.29, 0.717) is 37.2 Å². The number of aryl methyl sites for hydroxylation is 1. The van der Waals surface area contributed by atoms with Gasteiger partial charge in [0.25, 0.3) is 0 Å². The van der Waals surface area contributed by atoms with Gasteiger partial charge >= 0.3 is 12.1 Å². The number of nitrogens with one attached hydrogen (secondary N) is 2. The highest BCUT2D eigenvalue weighted by atomic mass is 16.6. The Labute approximate surface area is 256 Å². The van der Waals surface area contributed by atoms with Crippen LogP contribution in [0.1, 0.15) is 81.5 Å². The van der Waals surface area contributed by atoms with Crippen molar-refractivity contribution >= 4 is 17.8 Å². The van der Waals surface area contributed by atoms with Gasteiger partial charge in [0.1, 0.15) is 5.60 Å². The van der Waals surface area contributed by atoms with Crippen molar-refractivity contribution in [1.29, 1.82) is 0 Å². The number of pyridine rings is 1. The molecule has 0 saturated carbocycles. The van der Waals surface area contributed by atoms with Crippen molar-refractivity contribution in [2.75, 3.05) is 18.4 Å². The summed E-state index contributed by atoms with van der Waals surface area (Å²) in [4.78, 5) is 33.3. The lowest BCUT2D eigenvalue weighted by atomic mass is 9.89. The van der Waals surface area contributed by atoms with Crippen LogP contribution in [0.15, 0.2) is 54.6 Å². The summed E-state index contributed by atoms with van der Waals surface area (Å²) >= 11 is 0. The van der Waals surface area contributed by atoms with Crippen molar-refractivity contribution in [2.24, 2.45) is 11.7 Å². The van der Waals surface area contributed by atoms with Crippen molar-refractivity contribution in [3.63, 3.8) is 0 Å². The van der Waals surface area contributed by atoms with Gasteiger partial charge in [0, 0.05) is 43.0 Å². The Hall–Kier alpha value is -3.91. The molecule has 2 aromatic carbocycles. The van der Waals surface area contributed by atoms with Gasteiger partial charge in [-0.1, -0.05) is 68.4 Å². The number of hydrogen-bond acceptors (Lipinski definition) is 5. The van der Waals surface area contributed by atoms with Crippen LogP contribution in [0.25, 0.3) is 11.1 Å². The van der Waals surface area contributed by atoms with E-state index in [1.165, 1.54) is 5.56 Å². The van der Waals surface area contributed by atoms with Gasteiger partial charge in [0.15, 0.2) is 0 Å². The molecule has 4 N–H and O–H groups in total. The normalized spacial score (nSPS) is 14.1. The highest BCUT2D eigenvalue weighted by Crippen LogP contribution is 2.37. The smallest absolute Gasteiger partial charge is 0.407 e. The summed E-state index contributed by atoms with van der Waals surface area (Å²) in [7, 11) is 0. The molecule has 43 heavy (non-hydrogen) atoms. The Morgan fingerprint density at radius 2 is 1.70 bits per heavy atom. The first kappa shape index (κ1) is 32.0. The summed E-state index contributed by atoms with van der Waals surface area (Å²) in [5.74, 6) is 0.789. The van der Waals surface area contributed by atoms with E-state index in [2.05, 4.69) is 48.7 Å². The molecule has 1 aliphatic rings. The summed E-state index contributed by atoms with van der Waals surface area (Å²) in [6.07, 6.45) is 2.06. The number of rotatable bonds is 8. The molecule has 0 atom stereocenters. The van der Waals surface area contributed by atoms with Crippen LogP contribution < -0.4 is 16.4 Å². The molecule has 1 aromatic heterocycles. The third-order valence-electron chi connectivity index (χ3n) is 7.74. The van der Waals surface area contributed by atoms with E-state index in [0.717, 1.165) is 52.9 Å². The van der Waals surface area contributed by atoms with Gasteiger partial charge < -0.3 is 26.0 Å². The number of benzene rings is 2. The second-order valence-electron chi connectivity index (χ2n) is 12.8. The minimum Gasteiger partial charge on any atom is -0.444 e. The Balaban J connectivity index is 1.68. The fraction of sp³-hybridized carbons (Fsp3) is 0.457. The number of alkyl carbamates (subject to hydrolysis) is 1. The lowest BCUT2D eigenvalue weighted by Crippen LogP contribution is -2.41. The molecule has 3 amide bonds. The number of ether oxygens (including phenoxy) is 1. The zero-order chi connectivity index (χ0) is 31.1. The number of anilines is 1. The maximum absolute atomic E-state index is 13.7. The maximum atomic E-state index is 13.7. The van der Waals surface area contributed by atoms with E-state index in [9.17, 15) is 9.59 Å². The van der Waals surface area contributed by atoms with Crippen molar-refractivity contribution in [1.82, 2.24) is 15.2 Å². The van der Waals surface area contributed by atoms with Crippen LogP contribution in [0.4, 0.5) is 15.3 Å². The minimum atomic E-state index is -0.621. The van der Waals surface area contributed by atoms with Crippen LogP contribution in [0, 0.1) is 12.8 Å². The zero-order valence-corrected chi connectivity index (χ0v) is 26.5. The molecule has 230 valence electrons. The average molecular weight is 586 g/mol. The van der Waals surface area contributed by atoms with Gasteiger partial charge in [0.05, 0.1) is 11.4 Å². The van der Waals surface area contributed by atoms with E-state index in [-0.39, 0.29) is 12.6 Å². The molecule has 0 aliphatic carbocycles. The number of carbonyl (C=O) groups excluding carboxylic acids is 2. The number of aromatic nitrogens is 1. The highest BCUT2D eigenvalue weighted by molar-refractivity contribution is 5.96. The predicted molar refractivity (Wildman–Crippen MR) is 173 cm³/mol. The van der Waals surface area contributed by atoms with Crippen molar-refractivity contribution < 1.29 is 14.3 Å². The molecule has 3 aromatic rings. The van der Waals surface area contributed by atoms with E-state index in [4.69, 9.17) is 15.5 Å². The minimum absolute atomic E-state index is 0.140. The van der Waals surface area contributed by atoms with Gasteiger partial charge in [-0.15, -0.1) is 0 Å². The first-order chi connectivity index (χ1) is 20.4. The fourth-order valence-electron chi connectivity index (χ4n) is 5.63. The van der Waals surface area contributed by atoms with E-state index >= 15 is 0 Å². The number of nitrogens with zero attached hydrogens (tertiary/aromatic N) is 2. The predicted octanol–water partition coefficient (Wildman–Crippen LogP) is 7.15. The van der Waals surface area contributed by atoms with Crippen LogP contribution in [0.2, 0.25) is 0 Å². The topological polar surface area (TPSA) is 110 Å². The van der Waals surface area contributed by atoms with Crippen molar-refractivity contribution in [2.45, 2.75) is 85.4 Å². The molecule has 4 rings (SSSR count). The van der Waals surface area contributed by atoms with E-state index < -0.39 is 11.7 Å². The SMILES string of the molecule is Cc1nc(CC(C)C)c(CNC(=O)OC(C)(C)C)c(-c2ccc(CN)cc2)c1NC(=O)N1CCC(c2ccccc2)CC1. The number of urea groups is 1. The van der Waals surface area contributed by atoms with E-state index in [1.54, 1.807) is 0 Å². The van der Waals surface area contributed by atoms with Gasteiger partial charge in [0.2, 0.25) is 0 Å². The number of nitrogens with two attached hydrogens (primary N) is 1. The van der Waals surface area contributed by atoms with Crippen molar-refractivity contribution in [3.8, 4) is 11.1 Å². The van der Waals surface area contributed by atoms with Crippen LogP contribution in [0.3, 0.4) is 0 Å². The van der Waals surface area contributed by atoms with Crippen LogP contribution >= 0.6 is 0 Å². The maximum Gasteiger partial charge on any atom is 0.407 e. The molecule has 2 heterocycles. The van der Waals surface area contributed by atoms with Gasteiger partial charge in [-0.25, -0.2) is 9.59 Å². The second-order valence-corrected chi connectivity index (χ2v) is 12.8. The summed E-state index contributed by atoms with van der Waals surface area (Å²) in [5.41, 5.74) is 12.5. The number of hydrogen-bond donors (Lipinski definition) is 3. The standard InChI is InChI=1S/C35H47N5O3/c1-23(2)20-30-29(22-37-34(42)43-35(4,5)6)31(28-14-12-25(21-36)13-15-28)32(24(3)38-30)39-33(41)40-18-16-27(17-19-40)26-10-8-7-9-11-26/h7-15,23,27H,16-22,36H2,1-6H3,(H,37,42)(H,39,41). The lowest BCUT2D eigenvalue weighted by molar-refractivity contribution is 0.0523. The van der Waals surface area contributed by atoms with Gasteiger partial charge in [-0.2, -0.15) is 0 Å². The Morgan fingerprint density at radius 3 is 2.28 bits per heavy atom. The molecule has 0 unspecified atom stereocenters. The van der Waals surface area contributed by atoms with Crippen LogP contribution in [0.5, 0.6) is 0 Å². The molecule has 1 fully saturated rings. The molecule has 0 spiro atoms. The number of amides is 3. The summed E-state index contributed by atoms with van der Waals surface area (Å²) in [6.45, 7) is 13.7. The lowest BCUT2D eigenvalue weighted by Gasteiger charge is -2.33. The highest BCUT2D eigenvalue weighted by Gasteiger charge is 2.27. The van der Waals surface area contributed by atoms with Gasteiger partial charge in [-0.3, -0.25) is 4.98 Å². The Kier molecular flexibility index (Phi) is 10.5. The molecule has 0 radical (unpaired) electrons. The third-order valence-corrected chi connectivity index (χ3v) is 7.74. The first-order valence-corrected chi connectivity index (χ1v) is 15.3. The number of likely N-dealkylation sites (tertiary alicyclic amines) is 1. The fourth-order valence-corrected chi connectivity index (χ4v) is 5.63. The Bertz CT molecular complexity index is 1390. The summed E-state index contributed by atoms with van der Waals surface area (Å²) in [6, 6.07) is 18.4.